The molecule has 6 heteroatoms. The number of ether oxygens (including phenoxy) is 2. The van der Waals surface area contributed by atoms with Crippen molar-refractivity contribution in [3.8, 4) is 17.2 Å². The van der Waals surface area contributed by atoms with Crippen LogP contribution in [0.5, 0.6) is 17.2 Å². The first-order valence-electron chi connectivity index (χ1n) is 14.1. The molecular formula is C33H37NO5. The fourth-order valence-electron chi connectivity index (χ4n) is 7.68. The minimum atomic E-state index is -0.600. The van der Waals surface area contributed by atoms with Gasteiger partial charge in [-0.3, -0.25) is 0 Å². The van der Waals surface area contributed by atoms with Crippen LogP contribution in [-0.4, -0.2) is 29.4 Å². The molecule has 2 saturated carbocycles. The Kier molecular flexibility index (Phi) is 6.76. The van der Waals surface area contributed by atoms with Crippen molar-refractivity contribution in [1.82, 2.24) is 0 Å². The monoisotopic (exact) mass is 527 g/mol. The third-order valence-corrected chi connectivity index (χ3v) is 9.63. The van der Waals surface area contributed by atoms with E-state index in [0.717, 1.165) is 23.4 Å². The minimum Gasteiger partial charge on any atom is -0.507 e. The molecule has 39 heavy (non-hydrogen) atoms. The highest BCUT2D eigenvalue weighted by Crippen LogP contribution is 2.61. The van der Waals surface area contributed by atoms with Gasteiger partial charge in [-0.05, 0) is 95.9 Å². The Bertz CT molecular complexity index is 1370. The van der Waals surface area contributed by atoms with Gasteiger partial charge in [-0.15, -0.1) is 0 Å². The van der Waals surface area contributed by atoms with E-state index < -0.39 is 5.97 Å². The number of methoxy groups -OCH3 is 1. The summed E-state index contributed by atoms with van der Waals surface area (Å²) in [7, 11) is 1.69. The maximum Gasteiger partial charge on any atom is 0.347 e. The normalized spacial score (nSPS) is 27.2. The van der Waals surface area contributed by atoms with Crippen LogP contribution in [0.1, 0.15) is 72.0 Å². The van der Waals surface area contributed by atoms with Crippen LogP contribution in [-0.2, 0) is 13.0 Å². The fourth-order valence-corrected chi connectivity index (χ4v) is 7.68. The van der Waals surface area contributed by atoms with E-state index in [1.54, 1.807) is 31.4 Å². The van der Waals surface area contributed by atoms with Crippen LogP contribution in [0.15, 0.2) is 60.7 Å². The van der Waals surface area contributed by atoms with Crippen LogP contribution in [0.4, 0.5) is 5.69 Å². The minimum absolute atomic E-state index is 0.106. The van der Waals surface area contributed by atoms with E-state index in [1.807, 2.05) is 12.1 Å². The van der Waals surface area contributed by atoms with Crippen LogP contribution in [0.2, 0.25) is 0 Å². The number of phenolic OH excluding ortho intramolecular Hbond substituents is 1. The van der Waals surface area contributed by atoms with Crippen molar-refractivity contribution in [2.45, 2.75) is 64.0 Å². The number of fused-ring (bicyclic) bond motifs is 5. The van der Waals surface area contributed by atoms with E-state index in [2.05, 4.69) is 24.4 Å². The number of phenols is 1. The summed E-state index contributed by atoms with van der Waals surface area (Å²) in [5.41, 5.74) is 5.04. The molecule has 3 aromatic carbocycles. The van der Waals surface area contributed by atoms with E-state index >= 15 is 0 Å². The quantitative estimate of drug-likeness (QED) is 0.252. The van der Waals surface area contributed by atoms with Gasteiger partial charge in [-0.1, -0.05) is 43.7 Å². The second-order valence-corrected chi connectivity index (χ2v) is 11.8. The Labute approximate surface area is 230 Å². The topological polar surface area (TPSA) is 88.0 Å². The number of aliphatic hydroxyl groups excluding tert-OH is 1. The van der Waals surface area contributed by atoms with Crippen LogP contribution in [0, 0.1) is 17.3 Å². The second-order valence-electron chi connectivity index (χ2n) is 11.8. The van der Waals surface area contributed by atoms with Crippen molar-refractivity contribution in [2.24, 2.45) is 17.3 Å². The lowest BCUT2D eigenvalue weighted by Crippen LogP contribution is -2.46. The summed E-state index contributed by atoms with van der Waals surface area (Å²) in [6, 6.07) is 18.0. The average molecular weight is 528 g/mol. The molecule has 6 nitrogen and oxygen atoms in total. The average Bonchev–Trinajstić information content (AvgIpc) is 3.34. The SMILES string of the molecule is COc1ccc2c(c1NCc1ccc(OC(=O)c3ccccc3O)cc1)C[C@H](O)[C@@H]1[C@@H]2CC[C@]2(C)CCC[C@@H]12. The zero-order valence-electron chi connectivity index (χ0n) is 22.7. The second kappa shape index (κ2) is 10.2. The van der Waals surface area contributed by atoms with E-state index in [4.69, 9.17) is 9.47 Å². The molecular weight excluding hydrogens is 490 g/mol. The van der Waals surface area contributed by atoms with E-state index in [9.17, 15) is 15.0 Å². The van der Waals surface area contributed by atoms with Gasteiger partial charge >= 0.3 is 5.97 Å². The van der Waals surface area contributed by atoms with Gasteiger partial charge in [0.15, 0.2) is 0 Å². The van der Waals surface area contributed by atoms with Crippen molar-refractivity contribution < 1.29 is 24.5 Å². The number of rotatable bonds is 6. The predicted molar refractivity (Wildman–Crippen MR) is 150 cm³/mol. The number of carbonyl (C=O) groups excluding carboxylic acids is 1. The number of benzene rings is 3. The molecule has 3 aliphatic carbocycles. The summed E-state index contributed by atoms with van der Waals surface area (Å²) in [4.78, 5) is 12.4. The summed E-state index contributed by atoms with van der Waals surface area (Å²) in [5.74, 6) is 1.83. The molecule has 0 spiro atoms. The third-order valence-electron chi connectivity index (χ3n) is 9.63. The molecule has 6 rings (SSSR count). The highest BCUT2D eigenvalue weighted by molar-refractivity contribution is 5.93. The summed E-state index contributed by atoms with van der Waals surface area (Å²) in [6.45, 7) is 3.01. The number of anilines is 1. The summed E-state index contributed by atoms with van der Waals surface area (Å²) < 4.78 is 11.2. The van der Waals surface area contributed by atoms with Gasteiger partial charge in [0.05, 0.1) is 18.9 Å². The van der Waals surface area contributed by atoms with E-state index in [-0.39, 0.29) is 17.4 Å². The smallest absolute Gasteiger partial charge is 0.347 e. The van der Waals surface area contributed by atoms with Gasteiger partial charge in [0, 0.05) is 13.0 Å². The molecule has 2 fully saturated rings. The number of nitrogens with one attached hydrogen (secondary N) is 1. The van der Waals surface area contributed by atoms with Crippen molar-refractivity contribution in [3.05, 3.63) is 82.9 Å². The number of carbonyl (C=O) groups is 1. The highest BCUT2D eigenvalue weighted by Gasteiger charge is 2.53. The largest absolute Gasteiger partial charge is 0.507 e. The van der Waals surface area contributed by atoms with Crippen LogP contribution >= 0.6 is 0 Å². The molecule has 3 aliphatic rings. The Morgan fingerprint density at radius 3 is 2.62 bits per heavy atom. The lowest BCUT2D eigenvalue weighted by atomic mass is 9.55. The first-order chi connectivity index (χ1) is 18.9. The van der Waals surface area contributed by atoms with Crippen LogP contribution in [0.25, 0.3) is 0 Å². The van der Waals surface area contributed by atoms with Gasteiger partial charge in [0.1, 0.15) is 22.8 Å². The number of aromatic hydroxyl groups is 1. The van der Waals surface area contributed by atoms with Gasteiger partial charge in [0.2, 0.25) is 0 Å². The summed E-state index contributed by atoms with van der Waals surface area (Å²) in [6.07, 6.45) is 6.49. The standard InChI is InChI=1S/C33H37NO5/c1-33-16-5-7-26(33)30-23(15-17-33)22-13-14-29(38-2)31(25(22)18-28(30)36)34-19-20-9-11-21(12-10-20)39-32(37)24-6-3-4-8-27(24)35/h3-4,6,8-14,23,26,28,30,34-36H,5,7,15-19H2,1-2H3/t23-,26+,28+,30-,33+/m1/s1. The molecule has 204 valence electrons. The number of para-hydroxylation sites is 1. The Morgan fingerprint density at radius 1 is 1.05 bits per heavy atom. The predicted octanol–water partition coefficient (Wildman–Crippen LogP) is 6.45. The third kappa shape index (κ3) is 4.65. The molecule has 0 bridgehead atoms. The van der Waals surface area contributed by atoms with Gasteiger partial charge in [0.25, 0.3) is 0 Å². The maximum absolute atomic E-state index is 12.4. The molecule has 0 heterocycles. The van der Waals surface area contributed by atoms with Crippen molar-refractivity contribution in [2.75, 3.05) is 12.4 Å². The number of aliphatic hydroxyl groups is 1. The zero-order valence-corrected chi connectivity index (χ0v) is 22.7. The fraction of sp³-hybridized carbons (Fsp3) is 0.424. The molecule has 0 aromatic heterocycles. The summed E-state index contributed by atoms with van der Waals surface area (Å²) >= 11 is 0. The van der Waals surface area contributed by atoms with E-state index in [0.29, 0.717) is 41.9 Å². The molecule has 0 saturated heterocycles. The first kappa shape index (κ1) is 25.8. The maximum atomic E-state index is 12.4. The molecule has 0 unspecified atom stereocenters. The van der Waals surface area contributed by atoms with Crippen molar-refractivity contribution >= 4 is 11.7 Å². The van der Waals surface area contributed by atoms with Crippen LogP contribution < -0.4 is 14.8 Å². The number of hydrogen-bond acceptors (Lipinski definition) is 6. The van der Waals surface area contributed by atoms with Gasteiger partial charge in [-0.2, -0.15) is 0 Å². The Morgan fingerprint density at radius 2 is 1.85 bits per heavy atom. The zero-order chi connectivity index (χ0) is 27.1. The molecule has 0 amide bonds. The lowest BCUT2D eigenvalue weighted by molar-refractivity contribution is -0.0250. The molecule has 3 N–H and O–H groups in total. The summed E-state index contributed by atoms with van der Waals surface area (Å²) in [5, 5.41) is 25.0. The lowest BCUT2D eigenvalue weighted by Gasteiger charge is -2.51. The van der Waals surface area contributed by atoms with E-state index in [1.165, 1.54) is 48.9 Å². The Balaban J connectivity index is 1.19. The Hall–Kier alpha value is -3.51. The first-order valence-corrected chi connectivity index (χ1v) is 14.1. The van der Waals surface area contributed by atoms with Gasteiger partial charge < -0.3 is 25.0 Å². The van der Waals surface area contributed by atoms with Crippen molar-refractivity contribution in [1.29, 1.82) is 0 Å². The molecule has 3 aromatic rings. The highest BCUT2D eigenvalue weighted by atomic mass is 16.5. The molecule has 0 radical (unpaired) electrons. The van der Waals surface area contributed by atoms with Crippen molar-refractivity contribution in [3.63, 3.8) is 0 Å². The van der Waals surface area contributed by atoms with Gasteiger partial charge in [-0.25, -0.2) is 4.79 Å². The number of esters is 1. The molecule has 5 atom stereocenters. The van der Waals surface area contributed by atoms with Crippen LogP contribution in [0.3, 0.4) is 0 Å². The number of hydrogen-bond donors (Lipinski definition) is 3. The molecule has 0 aliphatic heterocycles.